The van der Waals surface area contributed by atoms with Gasteiger partial charge in [-0.3, -0.25) is 4.68 Å². The van der Waals surface area contributed by atoms with E-state index in [1.807, 2.05) is 12.1 Å². The molecule has 0 spiro atoms. The SMILES string of the molecule is O=C(O)c1nn(C2CCOC2)c2ccc(Br)cc12. The summed E-state index contributed by atoms with van der Waals surface area (Å²) in [4.78, 5) is 11.2. The van der Waals surface area contributed by atoms with Crippen molar-refractivity contribution in [1.29, 1.82) is 0 Å². The zero-order valence-corrected chi connectivity index (χ0v) is 11.1. The molecule has 0 bridgehead atoms. The van der Waals surface area contributed by atoms with Crippen LogP contribution in [0.5, 0.6) is 0 Å². The van der Waals surface area contributed by atoms with Gasteiger partial charge in [-0.2, -0.15) is 5.10 Å². The average Bonchev–Trinajstić information content (AvgIpc) is 2.93. The van der Waals surface area contributed by atoms with Crippen LogP contribution in [0.2, 0.25) is 0 Å². The molecular weight excluding hydrogens is 300 g/mol. The maximum Gasteiger partial charge on any atom is 0.357 e. The Balaban J connectivity index is 2.22. The molecule has 3 rings (SSSR count). The van der Waals surface area contributed by atoms with Crippen LogP contribution in [-0.2, 0) is 4.74 Å². The molecule has 0 amide bonds. The molecule has 1 unspecified atom stereocenters. The highest BCUT2D eigenvalue weighted by molar-refractivity contribution is 9.10. The summed E-state index contributed by atoms with van der Waals surface area (Å²) < 4.78 is 7.96. The molecular formula is C12H11BrN2O3. The van der Waals surface area contributed by atoms with Crippen LogP contribution in [0.3, 0.4) is 0 Å². The number of carbonyl (C=O) groups is 1. The predicted molar refractivity (Wildman–Crippen MR) is 68.9 cm³/mol. The Morgan fingerprint density at radius 3 is 3.06 bits per heavy atom. The van der Waals surface area contributed by atoms with Gasteiger partial charge in [0.05, 0.1) is 18.2 Å². The van der Waals surface area contributed by atoms with Crippen molar-refractivity contribution >= 4 is 32.8 Å². The number of hydrogen-bond donors (Lipinski definition) is 1. The number of ether oxygens (including phenoxy) is 1. The number of carboxylic acid groups (broad SMARTS) is 1. The first-order chi connectivity index (χ1) is 8.66. The smallest absolute Gasteiger partial charge is 0.357 e. The molecule has 1 aromatic carbocycles. The number of aromatic nitrogens is 2. The summed E-state index contributed by atoms with van der Waals surface area (Å²) in [7, 11) is 0. The fourth-order valence-corrected chi connectivity index (χ4v) is 2.63. The largest absolute Gasteiger partial charge is 0.476 e. The van der Waals surface area contributed by atoms with Crippen LogP contribution in [0, 0.1) is 0 Å². The van der Waals surface area contributed by atoms with E-state index < -0.39 is 5.97 Å². The molecule has 1 saturated heterocycles. The third-order valence-electron chi connectivity index (χ3n) is 3.12. The fraction of sp³-hybridized carbons (Fsp3) is 0.333. The standard InChI is InChI=1S/C12H11BrN2O3/c13-7-1-2-10-9(5-7)11(12(16)17)14-15(10)8-3-4-18-6-8/h1-2,5,8H,3-4,6H2,(H,16,17). The Morgan fingerprint density at radius 2 is 2.39 bits per heavy atom. The van der Waals surface area contributed by atoms with E-state index in [2.05, 4.69) is 21.0 Å². The minimum atomic E-state index is -1.00. The number of hydrogen-bond acceptors (Lipinski definition) is 3. The Bertz CT molecular complexity index is 617. The maximum atomic E-state index is 11.2. The number of rotatable bonds is 2. The zero-order valence-electron chi connectivity index (χ0n) is 9.47. The molecule has 1 aliphatic heterocycles. The average molecular weight is 311 g/mol. The lowest BCUT2D eigenvalue weighted by Gasteiger charge is -2.09. The van der Waals surface area contributed by atoms with E-state index in [-0.39, 0.29) is 11.7 Å². The van der Waals surface area contributed by atoms with Gasteiger partial charge in [0.15, 0.2) is 5.69 Å². The number of aromatic carboxylic acids is 1. The summed E-state index contributed by atoms with van der Waals surface area (Å²) in [5.41, 5.74) is 0.935. The normalized spacial score (nSPS) is 19.5. The van der Waals surface area contributed by atoms with Crippen molar-refractivity contribution < 1.29 is 14.6 Å². The first kappa shape index (κ1) is 11.7. The van der Waals surface area contributed by atoms with Crippen molar-refractivity contribution in [2.24, 2.45) is 0 Å². The van der Waals surface area contributed by atoms with Gasteiger partial charge in [0.1, 0.15) is 0 Å². The Morgan fingerprint density at radius 1 is 1.56 bits per heavy atom. The Hall–Kier alpha value is -1.40. The topological polar surface area (TPSA) is 64.3 Å². The van der Waals surface area contributed by atoms with E-state index in [1.165, 1.54) is 0 Å². The second kappa shape index (κ2) is 4.37. The van der Waals surface area contributed by atoms with E-state index in [4.69, 9.17) is 4.74 Å². The molecule has 94 valence electrons. The first-order valence-electron chi connectivity index (χ1n) is 5.65. The molecule has 1 aliphatic rings. The molecule has 0 radical (unpaired) electrons. The molecule has 1 fully saturated rings. The molecule has 0 saturated carbocycles. The quantitative estimate of drug-likeness (QED) is 0.925. The molecule has 5 nitrogen and oxygen atoms in total. The van der Waals surface area contributed by atoms with Crippen LogP contribution in [0.25, 0.3) is 10.9 Å². The zero-order chi connectivity index (χ0) is 12.7. The molecule has 2 heterocycles. The van der Waals surface area contributed by atoms with Gasteiger partial charge in [0, 0.05) is 16.5 Å². The van der Waals surface area contributed by atoms with Crippen molar-refractivity contribution in [3.05, 3.63) is 28.4 Å². The number of fused-ring (bicyclic) bond motifs is 1. The third-order valence-corrected chi connectivity index (χ3v) is 3.62. The molecule has 1 atom stereocenters. The van der Waals surface area contributed by atoms with Crippen molar-refractivity contribution in [3.63, 3.8) is 0 Å². The van der Waals surface area contributed by atoms with Gasteiger partial charge in [0.2, 0.25) is 0 Å². The van der Waals surface area contributed by atoms with E-state index >= 15 is 0 Å². The van der Waals surface area contributed by atoms with Gasteiger partial charge in [0.25, 0.3) is 0 Å². The summed E-state index contributed by atoms with van der Waals surface area (Å²) in [5, 5.41) is 14.1. The highest BCUT2D eigenvalue weighted by Crippen LogP contribution is 2.28. The van der Waals surface area contributed by atoms with E-state index in [1.54, 1.807) is 10.7 Å². The first-order valence-corrected chi connectivity index (χ1v) is 6.45. The van der Waals surface area contributed by atoms with Crippen LogP contribution in [0.15, 0.2) is 22.7 Å². The van der Waals surface area contributed by atoms with Gasteiger partial charge in [-0.05, 0) is 24.6 Å². The number of halogens is 1. The summed E-state index contributed by atoms with van der Waals surface area (Å²) >= 11 is 3.35. The second-order valence-electron chi connectivity index (χ2n) is 4.28. The molecule has 1 aromatic heterocycles. The van der Waals surface area contributed by atoms with Crippen LogP contribution in [0.1, 0.15) is 23.0 Å². The van der Waals surface area contributed by atoms with E-state index in [0.29, 0.717) is 18.6 Å². The van der Waals surface area contributed by atoms with Crippen LogP contribution in [-0.4, -0.2) is 34.1 Å². The van der Waals surface area contributed by atoms with Crippen molar-refractivity contribution in [2.75, 3.05) is 13.2 Å². The van der Waals surface area contributed by atoms with Crippen LogP contribution in [0.4, 0.5) is 0 Å². The van der Waals surface area contributed by atoms with Crippen LogP contribution >= 0.6 is 15.9 Å². The monoisotopic (exact) mass is 310 g/mol. The van der Waals surface area contributed by atoms with Gasteiger partial charge >= 0.3 is 5.97 Å². The lowest BCUT2D eigenvalue weighted by atomic mass is 10.2. The molecule has 0 aliphatic carbocycles. The predicted octanol–water partition coefficient (Wildman–Crippen LogP) is 2.46. The fourth-order valence-electron chi connectivity index (χ4n) is 2.26. The molecule has 6 heteroatoms. The highest BCUT2D eigenvalue weighted by atomic mass is 79.9. The van der Waals surface area contributed by atoms with Gasteiger partial charge in [-0.15, -0.1) is 0 Å². The van der Waals surface area contributed by atoms with Crippen molar-refractivity contribution in [3.8, 4) is 0 Å². The number of carboxylic acids is 1. The van der Waals surface area contributed by atoms with Crippen LogP contribution < -0.4 is 0 Å². The van der Waals surface area contributed by atoms with Crippen molar-refractivity contribution in [1.82, 2.24) is 9.78 Å². The maximum absolute atomic E-state index is 11.2. The van der Waals surface area contributed by atoms with Gasteiger partial charge < -0.3 is 9.84 Å². The van der Waals surface area contributed by atoms with E-state index in [9.17, 15) is 9.90 Å². The van der Waals surface area contributed by atoms with Gasteiger partial charge in [-0.1, -0.05) is 15.9 Å². The molecule has 18 heavy (non-hydrogen) atoms. The van der Waals surface area contributed by atoms with E-state index in [0.717, 1.165) is 16.4 Å². The summed E-state index contributed by atoms with van der Waals surface area (Å²) in [6.07, 6.45) is 0.867. The summed E-state index contributed by atoms with van der Waals surface area (Å²) in [6, 6.07) is 5.69. The minimum absolute atomic E-state index is 0.0956. The minimum Gasteiger partial charge on any atom is -0.476 e. The Labute approximate surface area is 111 Å². The number of benzene rings is 1. The second-order valence-corrected chi connectivity index (χ2v) is 5.19. The highest BCUT2D eigenvalue weighted by Gasteiger charge is 2.24. The summed E-state index contributed by atoms with van der Waals surface area (Å²) in [5.74, 6) is -1.00. The van der Waals surface area contributed by atoms with Gasteiger partial charge in [-0.25, -0.2) is 4.79 Å². The summed E-state index contributed by atoms with van der Waals surface area (Å²) in [6.45, 7) is 1.29. The lowest BCUT2D eigenvalue weighted by Crippen LogP contribution is -2.11. The van der Waals surface area contributed by atoms with Crippen molar-refractivity contribution in [2.45, 2.75) is 12.5 Å². The third kappa shape index (κ3) is 1.81. The Kier molecular flexibility index (Phi) is 2.83. The molecule has 1 N–H and O–H groups in total. The lowest BCUT2D eigenvalue weighted by molar-refractivity contribution is 0.0691. The molecule has 2 aromatic rings. The number of nitrogens with zero attached hydrogens (tertiary/aromatic N) is 2.